The summed E-state index contributed by atoms with van der Waals surface area (Å²) < 4.78 is 10.0. The molecule has 1 amide bonds. The smallest absolute Gasteiger partial charge is 0.342 e. The van der Waals surface area contributed by atoms with E-state index in [1.54, 1.807) is 12.1 Å². The molecule has 0 atom stereocenters. The normalized spacial score (nSPS) is 10.3. The van der Waals surface area contributed by atoms with Crippen LogP contribution in [0.2, 0.25) is 0 Å². The Kier molecular flexibility index (Phi) is 5.50. The first kappa shape index (κ1) is 18.8. The van der Waals surface area contributed by atoms with Gasteiger partial charge in [-0.3, -0.25) is 14.9 Å². The number of hydrogen-bond donors (Lipinski definition) is 1. The summed E-state index contributed by atoms with van der Waals surface area (Å²) in [5, 5.41) is 15.4. The van der Waals surface area contributed by atoms with E-state index < -0.39 is 23.4 Å². The van der Waals surface area contributed by atoms with Gasteiger partial charge in [0.1, 0.15) is 11.3 Å². The second kappa shape index (κ2) is 8.17. The fourth-order valence-electron chi connectivity index (χ4n) is 2.70. The van der Waals surface area contributed by atoms with Crippen molar-refractivity contribution >= 4 is 34.0 Å². The van der Waals surface area contributed by atoms with Gasteiger partial charge in [-0.2, -0.15) is 0 Å². The maximum atomic E-state index is 12.3. The van der Waals surface area contributed by atoms with Crippen LogP contribution in [0.1, 0.15) is 10.4 Å². The zero-order valence-electron chi connectivity index (χ0n) is 14.9. The molecule has 0 bridgehead atoms. The number of nitro groups is 1. The lowest BCUT2D eigenvalue weighted by atomic mass is 10.1. The number of ether oxygens (including phenoxy) is 2. The van der Waals surface area contributed by atoms with Gasteiger partial charge in [-0.05, 0) is 17.5 Å². The predicted molar refractivity (Wildman–Crippen MR) is 103 cm³/mol. The van der Waals surface area contributed by atoms with Crippen LogP contribution in [-0.4, -0.2) is 30.5 Å². The molecule has 8 heteroatoms. The van der Waals surface area contributed by atoms with Gasteiger partial charge in [0, 0.05) is 23.2 Å². The third-order valence-corrected chi connectivity index (χ3v) is 4.01. The third kappa shape index (κ3) is 4.07. The number of nitro benzene ring substituents is 1. The molecule has 0 spiro atoms. The monoisotopic (exact) mass is 380 g/mol. The first-order chi connectivity index (χ1) is 13.5. The van der Waals surface area contributed by atoms with Crippen LogP contribution in [-0.2, 0) is 9.53 Å². The molecule has 0 aliphatic carbocycles. The summed E-state index contributed by atoms with van der Waals surface area (Å²) in [7, 11) is 1.32. The minimum Gasteiger partial charge on any atom is -0.496 e. The first-order valence-electron chi connectivity index (χ1n) is 8.27. The number of non-ortho nitro benzene ring substituents is 1. The second-order valence-corrected chi connectivity index (χ2v) is 5.79. The number of hydrogen-bond acceptors (Lipinski definition) is 6. The quantitative estimate of drug-likeness (QED) is 0.398. The van der Waals surface area contributed by atoms with E-state index in [0.29, 0.717) is 5.69 Å². The number of nitrogens with one attached hydrogen (secondary N) is 1. The van der Waals surface area contributed by atoms with Crippen LogP contribution in [0.3, 0.4) is 0 Å². The Bertz CT molecular complexity index is 1060. The number of methoxy groups -OCH3 is 1. The van der Waals surface area contributed by atoms with Gasteiger partial charge in [0.05, 0.1) is 12.0 Å². The molecule has 3 aromatic carbocycles. The van der Waals surface area contributed by atoms with Crippen molar-refractivity contribution in [3.8, 4) is 5.75 Å². The molecule has 3 rings (SSSR count). The lowest BCUT2D eigenvalue weighted by Gasteiger charge is -2.10. The van der Waals surface area contributed by atoms with Crippen molar-refractivity contribution in [1.82, 2.24) is 0 Å². The number of anilines is 1. The Morgan fingerprint density at radius 1 is 1.07 bits per heavy atom. The summed E-state index contributed by atoms with van der Waals surface area (Å²) >= 11 is 0. The fraction of sp³-hybridized carbons (Fsp3) is 0.100. The predicted octanol–water partition coefficient (Wildman–Crippen LogP) is 3.55. The molecule has 0 fully saturated rings. The molecule has 0 saturated carbocycles. The van der Waals surface area contributed by atoms with Crippen molar-refractivity contribution in [2.75, 3.05) is 19.0 Å². The molecule has 0 aliphatic heterocycles. The summed E-state index contributed by atoms with van der Waals surface area (Å²) in [6.45, 7) is -0.548. The van der Waals surface area contributed by atoms with E-state index in [0.717, 1.165) is 16.8 Å². The second-order valence-electron chi connectivity index (χ2n) is 5.79. The highest BCUT2D eigenvalue weighted by Gasteiger charge is 2.19. The number of benzene rings is 3. The van der Waals surface area contributed by atoms with E-state index in [1.807, 2.05) is 30.3 Å². The Balaban J connectivity index is 1.70. The minimum absolute atomic E-state index is 0.116. The molecule has 0 heterocycles. The maximum Gasteiger partial charge on any atom is 0.342 e. The summed E-state index contributed by atoms with van der Waals surface area (Å²) in [6, 6.07) is 16.5. The molecule has 1 N–H and O–H groups in total. The van der Waals surface area contributed by atoms with Crippen LogP contribution in [0.4, 0.5) is 11.4 Å². The Morgan fingerprint density at radius 2 is 1.82 bits per heavy atom. The summed E-state index contributed by atoms with van der Waals surface area (Å²) in [5.41, 5.74) is 0.176. The van der Waals surface area contributed by atoms with Crippen LogP contribution in [0.25, 0.3) is 10.8 Å². The number of carbonyl (C=O) groups is 2. The largest absolute Gasteiger partial charge is 0.496 e. The number of nitrogens with zero attached hydrogens (tertiary/aromatic N) is 1. The van der Waals surface area contributed by atoms with Crippen LogP contribution in [0.5, 0.6) is 5.75 Å². The molecule has 3 aromatic rings. The fourth-order valence-corrected chi connectivity index (χ4v) is 2.70. The van der Waals surface area contributed by atoms with Crippen molar-refractivity contribution < 1.29 is 24.0 Å². The molecule has 0 radical (unpaired) electrons. The van der Waals surface area contributed by atoms with E-state index in [-0.39, 0.29) is 17.0 Å². The highest BCUT2D eigenvalue weighted by molar-refractivity contribution is 6.03. The van der Waals surface area contributed by atoms with Gasteiger partial charge < -0.3 is 14.8 Å². The van der Waals surface area contributed by atoms with Crippen molar-refractivity contribution in [2.24, 2.45) is 0 Å². The zero-order valence-corrected chi connectivity index (χ0v) is 14.9. The number of carbonyl (C=O) groups excluding carboxylic acids is 2. The number of amides is 1. The van der Waals surface area contributed by atoms with Crippen molar-refractivity contribution in [3.05, 3.63) is 76.3 Å². The van der Waals surface area contributed by atoms with Crippen LogP contribution in [0.15, 0.2) is 60.7 Å². The lowest BCUT2D eigenvalue weighted by molar-refractivity contribution is -0.384. The van der Waals surface area contributed by atoms with Crippen molar-refractivity contribution in [2.45, 2.75) is 0 Å². The van der Waals surface area contributed by atoms with Gasteiger partial charge in [0.15, 0.2) is 6.61 Å². The number of esters is 1. The molecule has 0 aliphatic rings. The molecule has 0 aromatic heterocycles. The molecule has 142 valence electrons. The topological polar surface area (TPSA) is 108 Å². The molecule has 0 saturated heterocycles. The first-order valence-corrected chi connectivity index (χ1v) is 8.27. The van der Waals surface area contributed by atoms with Crippen molar-refractivity contribution in [3.63, 3.8) is 0 Å². The Labute approximate surface area is 159 Å². The number of rotatable bonds is 6. The van der Waals surface area contributed by atoms with E-state index in [4.69, 9.17) is 9.47 Å². The van der Waals surface area contributed by atoms with Gasteiger partial charge in [-0.25, -0.2) is 4.79 Å². The van der Waals surface area contributed by atoms with E-state index in [2.05, 4.69) is 5.32 Å². The van der Waals surface area contributed by atoms with Gasteiger partial charge in [-0.15, -0.1) is 0 Å². The van der Waals surface area contributed by atoms with Crippen molar-refractivity contribution in [1.29, 1.82) is 0 Å². The van der Waals surface area contributed by atoms with E-state index in [9.17, 15) is 19.7 Å². The van der Waals surface area contributed by atoms with E-state index in [1.165, 1.54) is 19.2 Å². The van der Waals surface area contributed by atoms with Crippen LogP contribution >= 0.6 is 0 Å². The van der Waals surface area contributed by atoms with Gasteiger partial charge >= 0.3 is 5.97 Å². The van der Waals surface area contributed by atoms with Gasteiger partial charge in [0.25, 0.3) is 11.6 Å². The third-order valence-electron chi connectivity index (χ3n) is 4.01. The molecular formula is C20H16N2O6. The highest BCUT2D eigenvalue weighted by Crippen LogP contribution is 2.25. The summed E-state index contributed by atoms with van der Waals surface area (Å²) in [6.07, 6.45) is 0. The molecule has 28 heavy (non-hydrogen) atoms. The average molecular weight is 380 g/mol. The standard InChI is InChI=1S/C20H16N2O6/c1-27-18-10-9-14(22(25)26)11-16(18)20(24)28-12-19(23)21-17-8-4-6-13-5-2-3-7-15(13)17/h2-11H,12H2,1H3,(H,21,23). The molecule has 0 unspecified atom stereocenters. The average Bonchev–Trinajstić information content (AvgIpc) is 2.71. The number of fused-ring (bicyclic) bond motifs is 1. The molecular weight excluding hydrogens is 364 g/mol. The Hall–Kier alpha value is -3.94. The Morgan fingerprint density at radius 3 is 2.57 bits per heavy atom. The minimum atomic E-state index is -0.895. The SMILES string of the molecule is COc1ccc([N+](=O)[O-])cc1C(=O)OCC(=O)Nc1cccc2ccccc12. The summed E-state index contributed by atoms with van der Waals surface area (Å²) in [4.78, 5) is 34.7. The summed E-state index contributed by atoms with van der Waals surface area (Å²) in [5.74, 6) is -1.31. The maximum absolute atomic E-state index is 12.3. The highest BCUT2D eigenvalue weighted by atomic mass is 16.6. The van der Waals surface area contributed by atoms with E-state index >= 15 is 0 Å². The van der Waals surface area contributed by atoms with Gasteiger partial charge in [-0.1, -0.05) is 36.4 Å². The van der Waals surface area contributed by atoms with Gasteiger partial charge in [0.2, 0.25) is 0 Å². The zero-order chi connectivity index (χ0) is 20.1. The molecule has 8 nitrogen and oxygen atoms in total. The lowest BCUT2D eigenvalue weighted by Crippen LogP contribution is -2.21. The van der Waals surface area contributed by atoms with Crippen LogP contribution in [0, 0.1) is 10.1 Å². The van der Waals surface area contributed by atoms with Crippen LogP contribution < -0.4 is 10.1 Å².